The summed E-state index contributed by atoms with van der Waals surface area (Å²) in [5, 5.41) is 1.77. The maximum absolute atomic E-state index is 13.1. The van der Waals surface area contributed by atoms with Crippen LogP contribution in [0.25, 0.3) is 10.2 Å². The quantitative estimate of drug-likeness (QED) is 0.490. The van der Waals surface area contributed by atoms with Crippen LogP contribution in [0.4, 0.5) is 0 Å². The molecular weight excluding hydrogens is 372 g/mol. The minimum absolute atomic E-state index is 0.107. The van der Waals surface area contributed by atoms with Gasteiger partial charge in [-0.25, -0.2) is 4.79 Å². The third-order valence-corrected chi connectivity index (χ3v) is 5.59. The summed E-state index contributed by atoms with van der Waals surface area (Å²) >= 11 is 1.28. The largest absolute Gasteiger partial charge is 0.332 e. The van der Waals surface area contributed by atoms with E-state index in [0.717, 1.165) is 11.1 Å². The van der Waals surface area contributed by atoms with E-state index in [1.54, 1.807) is 35.7 Å². The lowest BCUT2D eigenvalue weighted by atomic mass is 10.1. The Morgan fingerprint density at radius 1 is 0.929 bits per heavy atom. The number of carbonyl (C=O) groups excluding carboxylic acids is 1. The molecule has 0 unspecified atom stereocenters. The van der Waals surface area contributed by atoms with Gasteiger partial charge < -0.3 is 0 Å². The minimum atomic E-state index is -0.472. The molecule has 140 valence electrons. The molecule has 0 spiro atoms. The molecule has 6 heteroatoms. The van der Waals surface area contributed by atoms with E-state index in [-0.39, 0.29) is 24.4 Å². The number of benzene rings is 2. The maximum atomic E-state index is 13.1. The van der Waals surface area contributed by atoms with Gasteiger partial charge in [-0.3, -0.25) is 18.7 Å². The van der Waals surface area contributed by atoms with Gasteiger partial charge in [-0.2, -0.15) is 0 Å². The molecule has 0 saturated carbocycles. The standard InChI is InChI=1S/C22H18N2O3S/c1-15-7-9-16(10-8-15)13-24-21(26)20-18(11-12-28-20)23(22(24)27)14-19(25)17-5-3-2-4-6-17/h2-12H,13-14H2,1H3. The van der Waals surface area contributed by atoms with Crippen LogP contribution in [-0.4, -0.2) is 14.9 Å². The van der Waals surface area contributed by atoms with Crippen molar-refractivity contribution in [2.45, 2.75) is 20.0 Å². The predicted molar refractivity (Wildman–Crippen MR) is 111 cm³/mol. The maximum Gasteiger partial charge on any atom is 0.332 e. The highest BCUT2D eigenvalue weighted by Gasteiger charge is 2.17. The van der Waals surface area contributed by atoms with Gasteiger partial charge in [0.15, 0.2) is 5.78 Å². The highest BCUT2D eigenvalue weighted by Crippen LogP contribution is 2.16. The molecule has 0 N–H and O–H groups in total. The molecule has 5 nitrogen and oxygen atoms in total. The smallest absolute Gasteiger partial charge is 0.292 e. The van der Waals surface area contributed by atoms with E-state index in [0.29, 0.717) is 15.8 Å². The fourth-order valence-electron chi connectivity index (χ4n) is 3.16. The van der Waals surface area contributed by atoms with Gasteiger partial charge in [0, 0.05) is 5.56 Å². The summed E-state index contributed by atoms with van der Waals surface area (Å²) in [4.78, 5) is 38.7. The Morgan fingerprint density at radius 3 is 2.36 bits per heavy atom. The Kier molecular flexibility index (Phi) is 4.79. The molecule has 28 heavy (non-hydrogen) atoms. The zero-order valence-corrected chi connectivity index (χ0v) is 16.1. The van der Waals surface area contributed by atoms with Crippen molar-refractivity contribution in [2.24, 2.45) is 0 Å². The molecule has 0 aliphatic heterocycles. The molecule has 0 aliphatic carbocycles. The molecule has 0 saturated heterocycles. The van der Waals surface area contributed by atoms with Gasteiger partial charge >= 0.3 is 5.69 Å². The van der Waals surface area contributed by atoms with Crippen LogP contribution in [0.2, 0.25) is 0 Å². The summed E-state index contributed by atoms with van der Waals surface area (Å²) in [7, 11) is 0. The van der Waals surface area contributed by atoms with Gasteiger partial charge in [-0.1, -0.05) is 60.2 Å². The first-order valence-electron chi connectivity index (χ1n) is 8.89. The second kappa shape index (κ2) is 7.40. The Labute approximate surface area is 165 Å². The summed E-state index contributed by atoms with van der Waals surface area (Å²) in [6.45, 7) is 2.05. The molecule has 2 aromatic heterocycles. The van der Waals surface area contributed by atoms with Crippen LogP contribution in [0.1, 0.15) is 21.5 Å². The van der Waals surface area contributed by atoms with E-state index < -0.39 is 5.69 Å². The number of thiophene rings is 1. The van der Waals surface area contributed by atoms with Crippen LogP contribution in [0.3, 0.4) is 0 Å². The molecule has 4 aromatic rings. The molecule has 0 bridgehead atoms. The summed E-state index contributed by atoms with van der Waals surface area (Å²) in [5.41, 5.74) is 2.22. The Bertz CT molecular complexity index is 1270. The number of hydrogen-bond donors (Lipinski definition) is 0. The topological polar surface area (TPSA) is 61.1 Å². The van der Waals surface area contributed by atoms with Crippen molar-refractivity contribution in [3.63, 3.8) is 0 Å². The molecule has 0 amide bonds. The van der Waals surface area contributed by atoms with Gasteiger partial charge in [0.2, 0.25) is 0 Å². The van der Waals surface area contributed by atoms with Gasteiger partial charge in [0.05, 0.1) is 18.6 Å². The fourth-order valence-corrected chi connectivity index (χ4v) is 4.00. The Hall–Kier alpha value is -3.25. The number of aryl methyl sites for hydroxylation is 1. The molecule has 2 heterocycles. The van der Waals surface area contributed by atoms with E-state index in [4.69, 9.17) is 0 Å². The lowest BCUT2D eigenvalue weighted by molar-refractivity contribution is 0.0971. The summed E-state index contributed by atoms with van der Waals surface area (Å²) in [6, 6.07) is 18.3. The molecule has 2 aromatic carbocycles. The van der Waals surface area contributed by atoms with Crippen LogP contribution in [0.15, 0.2) is 75.6 Å². The molecule has 0 atom stereocenters. The van der Waals surface area contributed by atoms with Crippen LogP contribution in [0, 0.1) is 6.92 Å². The second-order valence-electron chi connectivity index (χ2n) is 6.67. The number of fused-ring (bicyclic) bond motifs is 1. The zero-order valence-electron chi connectivity index (χ0n) is 15.3. The van der Waals surface area contributed by atoms with Gasteiger partial charge in [0.1, 0.15) is 4.70 Å². The Morgan fingerprint density at radius 2 is 1.64 bits per heavy atom. The minimum Gasteiger partial charge on any atom is -0.292 e. The summed E-state index contributed by atoms with van der Waals surface area (Å²) in [5.74, 6) is -0.171. The van der Waals surface area contributed by atoms with Gasteiger partial charge in [-0.15, -0.1) is 11.3 Å². The average molecular weight is 390 g/mol. The third-order valence-electron chi connectivity index (χ3n) is 4.70. The number of carbonyl (C=O) groups is 1. The molecule has 0 fully saturated rings. The second-order valence-corrected chi connectivity index (χ2v) is 7.59. The highest BCUT2D eigenvalue weighted by atomic mass is 32.1. The fraction of sp³-hybridized carbons (Fsp3) is 0.136. The van der Waals surface area contributed by atoms with Crippen LogP contribution in [0.5, 0.6) is 0 Å². The SMILES string of the molecule is Cc1ccc(Cn2c(=O)c3sccc3n(CC(=O)c3ccccc3)c2=O)cc1. The van der Waals surface area contributed by atoms with Crippen molar-refractivity contribution in [1.82, 2.24) is 9.13 Å². The van der Waals surface area contributed by atoms with Gasteiger partial charge in [0.25, 0.3) is 5.56 Å². The van der Waals surface area contributed by atoms with E-state index in [1.165, 1.54) is 20.5 Å². The van der Waals surface area contributed by atoms with Crippen molar-refractivity contribution in [2.75, 3.05) is 0 Å². The van der Waals surface area contributed by atoms with Crippen molar-refractivity contribution in [1.29, 1.82) is 0 Å². The number of aromatic nitrogens is 2. The summed E-state index contributed by atoms with van der Waals surface area (Å²) in [6.07, 6.45) is 0. The normalized spacial score (nSPS) is 11.0. The number of Topliss-reactive ketones (excluding diaryl/α,β-unsaturated/α-hetero) is 1. The van der Waals surface area contributed by atoms with Crippen LogP contribution in [-0.2, 0) is 13.1 Å². The Balaban J connectivity index is 1.81. The molecule has 0 radical (unpaired) electrons. The highest BCUT2D eigenvalue weighted by molar-refractivity contribution is 7.17. The lowest BCUT2D eigenvalue weighted by Gasteiger charge is -2.12. The lowest BCUT2D eigenvalue weighted by Crippen LogP contribution is -2.40. The summed E-state index contributed by atoms with van der Waals surface area (Å²) < 4.78 is 3.09. The predicted octanol–water partition coefficient (Wildman–Crippen LogP) is 3.46. The molecule has 0 aliphatic rings. The zero-order chi connectivity index (χ0) is 19.7. The van der Waals surface area contributed by atoms with E-state index in [2.05, 4.69) is 0 Å². The third kappa shape index (κ3) is 3.34. The number of rotatable bonds is 5. The first kappa shape index (κ1) is 18.1. The van der Waals surface area contributed by atoms with Gasteiger partial charge in [-0.05, 0) is 23.9 Å². The van der Waals surface area contributed by atoms with Crippen molar-refractivity contribution >= 4 is 27.3 Å². The van der Waals surface area contributed by atoms with Crippen LogP contribution >= 0.6 is 11.3 Å². The van der Waals surface area contributed by atoms with Crippen LogP contribution < -0.4 is 11.2 Å². The van der Waals surface area contributed by atoms with E-state index in [9.17, 15) is 14.4 Å². The number of nitrogens with zero attached hydrogens (tertiary/aromatic N) is 2. The number of hydrogen-bond acceptors (Lipinski definition) is 4. The first-order chi connectivity index (χ1) is 13.5. The monoisotopic (exact) mass is 390 g/mol. The first-order valence-corrected chi connectivity index (χ1v) is 9.77. The number of ketones is 1. The molecular formula is C22H18N2O3S. The average Bonchev–Trinajstić information content (AvgIpc) is 3.20. The van der Waals surface area contributed by atoms with Crippen molar-refractivity contribution in [3.05, 3.63) is 104 Å². The molecule has 4 rings (SSSR count). The van der Waals surface area contributed by atoms with Crippen molar-refractivity contribution < 1.29 is 4.79 Å². The van der Waals surface area contributed by atoms with Crippen molar-refractivity contribution in [3.8, 4) is 0 Å². The van der Waals surface area contributed by atoms with E-state index >= 15 is 0 Å². The van der Waals surface area contributed by atoms with E-state index in [1.807, 2.05) is 37.3 Å².